The molecule has 0 aliphatic heterocycles. The maximum absolute atomic E-state index is 12.5. The van der Waals surface area contributed by atoms with Gasteiger partial charge in [-0.1, -0.05) is 39.5 Å². The maximum atomic E-state index is 12.5. The van der Waals surface area contributed by atoms with Gasteiger partial charge in [0.15, 0.2) is 6.10 Å². The van der Waals surface area contributed by atoms with E-state index in [-0.39, 0.29) is 24.6 Å². The van der Waals surface area contributed by atoms with Crippen molar-refractivity contribution in [2.24, 2.45) is 11.3 Å². The molecule has 2 saturated carbocycles. The monoisotopic (exact) mass is 549 g/mol. The van der Waals surface area contributed by atoms with Crippen molar-refractivity contribution in [3.05, 3.63) is 0 Å². The molecular formula is C25H43NO10S. The maximum Gasteiger partial charge on any atom is 0.511 e. The minimum absolute atomic E-state index is 0.155. The van der Waals surface area contributed by atoms with E-state index < -0.39 is 52.8 Å². The van der Waals surface area contributed by atoms with Crippen LogP contribution >= 0.6 is 0 Å². The van der Waals surface area contributed by atoms with Gasteiger partial charge in [0.1, 0.15) is 5.60 Å². The predicted molar refractivity (Wildman–Crippen MR) is 134 cm³/mol. The van der Waals surface area contributed by atoms with Crippen LogP contribution in [-0.4, -0.2) is 69.0 Å². The van der Waals surface area contributed by atoms with Gasteiger partial charge in [-0.25, -0.2) is 9.59 Å². The molecule has 1 amide bonds. The molecule has 2 fully saturated rings. The van der Waals surface area contributed by atoms with Crippen LogP contribution in [-0.2, 0) is 38.1 Å². The molecule has 0 bridgehead atoms. The van der Waals surface area contributed by atoms with Crippen LogP contribution in [0.4, 0.5) is 4.79 Å². The molecule has 0 heterocycles. The number of aliphatic hydroxyl groups is 1. The minimum Gasteiger partial charge on any atom is -0.427 e. The van der Waals surface area contributed by atoms with Gasteiger partial charge in [-0.2, -0.15) is 8.42 Å². The van der Waals surface area contributed by atoms with E-state index in [4.69, 9.17) is 18.4 Å². The van der Waals surface area contributed by atoms with Gasteiger partial charge in [-0.15, -0.1) is 0 Å². The van der Waals surface area contributed by atoms with Crippen molar-refractivity contribution >= 4 is 28.1 Å². The highest BCUT2D eigenvalue weighted by Gasteiger charge is 2.44. The Morgan fingerprint density at radius 2 is 1.65 bits per heavy atom. The summed E-state index contributed by atoms with van der Waals surface area (Å²) in [6.45, 7) is 3.19. The molecule has 0 aromatic rings. The lowest BCUT2D eigenvalue weighted by atomic mass is 9.70. The Morgan fingerprint density at radius 3 is 2.27 bits per heavy atom. The molecule has 0 unspecified atom stereocenters. The highest BCUT2D eigenvalue weighted by Crippen LogP contribution is 2.44. The molecule has 1 atom stereocenters. The highest BCUT2D eigenvalue weighted by molar-refractivity contribution is 7.86. The third-order valence-corrected chi connectivity index (χ3v) is 8.50. The molecule has 2 aliphatic rings. The summed E-state index contributed by atoms with van der Waals surface area (Å²) in [5.41, 5.74) is -1.85. The summed E-state index contributed by atoms with van der Waals surface area (Å²) in [7, 11) is -3.93. The largest absolute Gasteiger partial charge is 0.511 e. The number of carbonyl (C=O) groups excluding carboxylic acids is 3. The molecule has 2 N–H and O–H groups in total. The van der Waals surface area contributed by atoms with E-state index in [1.54, 1.807) is 0 Å². The first-order valence-corrected chi connectivity index (χ1v) is 14.8. The quantitative estimate of drug-likeness (QED) is 0.151. The molecule has 11 nitrogen and oxygen atoms in total. The fourth-order valence-electron chi connectivity index (χ4n) is 4.99. The fourth-order valence-corrected chi connectivity index (χ4v) is 6.09. The second-order valence-electron chi connectivity index (χ2n) is 10.8. The number of rotatable bonds is 13. The number of hydrogen-bond acceptors (Lipinski definition) is 10. The van der Waals surface area contributed by atoms with Crippen LogP contribution < -0.4 is 5.32 Å². The van der Waals surface area contributed by atoms with Gasteiger partial charge in [-0.3, -0.25) is 8.98 Å². The van der Waals surface area contributed by atoms with Crippen LogP contribution in [0.1, 0.15) is 91.4 Å². The van der Waals surface area contributed by atoms with Crippen LogP contribution in [0.5, 0.6) is 0 Å². The van der Waals surface area contributed by atoms with Crippen LogP contribution in [0, 0.1) is 11.3 Å². The summed E-state index contributed by atoms with van der Waals surface area (Å²) in [6, 6.07) is 0. The van der Waals surface area contributed by atoms with Crippen LogP contribution in [0.2, 0.25) is 0 Å². The van der Waals surface area contributed by atoms with Crippen molar-refractivity contribution in [1.29, 1.82) is 0 Å². The average molecular weight is 550 g/mol. The SMILES string of the molecule is CC(=O)NCCCS(=O)(=O)OCC(C)(C)[C@@H](O)C(=O)OCOC(=O)OC1(C2CCCCC2)CCCCC1. The molecule has 37 heavy (non-hydrogen) atoms. The summed E-state index contributed by atoms with van der Waals surface area (Å²) in [5.74, 6) is -1.37. The second-order valence-corrected chi connectivity index (χ2v) is 12.5. The number of carbonyl (C=O) groups is 3. The second kappa shape index (κ2) is 14.3. The van der Waals surface area contributed by atoms with E-state index in [1.807, 2.05) is 0 Å². The number of esters is 1. The average Bonchev–Trinajstić information content (AvgIpc) is 2.86. The predicted octanol–water partition coefficient (Wildman–Crippen LogP) is 3.18. The molecule has 2 aliphatic carbocycles. The third kappa shape index (κ3) is 10.4. The molecular weight excluding hydrogens is 506 g/mol. The minimum atomic E-state index is -3.93. The summed E-state index contributed by atoms with van der Waals surface area (Å²) >= 11 is 0. The van der Waals surface area contributed by atoms with Crippen molar-refractivity contribution < 1.29 is 46.3 Å². The molecule has 0 spiro atoms. The Balaban J connectivity index is 1.78. The lowest BCUT2D eigenvalue weighted by Crippen LogP contribution is -2.45. The van der Waals surface area contributed by atoms with Crippen molar-refractivity contribution in [2.75, 3.05) is 25.7 Å². The molecule has 214 valence electrons. The van der Waals surface area contributed by atoms with Gasteiger partial charge < -0.3 is 24.6 Å². The van der Waals surface area contributed by atoms with E-state index in [2.05, 4.69) is 5.32 Å². The molecule has 0 radical (unpaired) electrons. The number of aliphatic hydroxyl groups excluding tert-OH is 1. The van der Waals surface area contributed by atoms with Gasteiger partial charge in [0, 0.05) is 18.9 Å². The Labute approximate surface area is 220 Å². The summed E-state index contributed by atoms with van der Waals surface area (Å²) in [6.07, 6.45) is 7.72. The van der Waals surface area contributed by atoms with E-state index in [1.165, 1.54) is 27.2 Å². The molecule has 0 aromatic carbocycles. The van der Waals surface area contributed by atoms with Crippen molar-refractivity contribution in [3.8, 4) is 0 Å². The van der Waals surface area contributed by atoms with Crippen LogP contribution in [0.25, 0.3) is 0 Å². The normalized spacial score (nSPS) is 19.5. The number of amides is 1. The van der Waals surface area contributed by atoms with Crippen molar-refractivity contribution in [3.63, 3.8) is 0 Å². The smallest absolute Gasteiger partial charge is 0.427 e. The Hall–Kier alpha value is -1.92. The number of nitrogens with one attached hydrogen (secondary N) is 1. The first kappa shape index (κ1) is 31.3. The van der Waals surface area contributed by atoms with Crippen molar-refractivity contribution in [1.82, 2.24) is 5.32 Å². The van der Waals surface area contributed by atoms with Gasteiger partial charge in [-0.05, 0) is 50.9 Å². The molecule has 2 rings (SSSR count). The Kier molecular flexibility index (Phi) is 12.1. The van der Waals surface area contributed by atoms with E-state index >= 15 is 0 Å². The zero-order chi connectivity index (χ0) is 27.5. The molecule has 12 heteroatoms. The number of hydrogen-bond donors (Lipinski definition) is 2. The third-order valence-electron chi connectivity index (χ3n) is 7.23. The van der Waals surface area contributed by atoms with Crippen LogP contribution in [0.15, 0.2) is 0 Å². The first-order chi connectivity index (χ1) is 17.4. The topological polar surface area (TPSA) is 155 Å². The highest BCUT2D eigenvalue weighted by atomic mass is 32.2. The van der Waals surface area contributed by atoms with Gasteiger partial charge in [0.05, 0.1) is 12.4 Å². The zero-order valence-corrected chi connectivity index (χ0v) is 23.1. The Morgan fingerprint density at radius 1 is 1.03 bits per heavy atom. The Bertz CT molecular complexity index is 861. The lowest BCUT2D eigenvalue weighted by molar-refractivity contribution is -0.173. The van der Waals surface area contributed by atoms with Gasteiger partial charge >= 0.3 is 12.1 Å². The first-order valence-electron chi connectivity index (χ1n) is 13.2. The summed E-state index contributed by atoms with van der Waals surface area (Å²) < 4.78 is 44.8. The summed E-state index contributed by atoms with van der Waals surface area (Å²) in [4.78, 5) is 35.6. The van der Waals surface area contributed by atoms with Gasteiger partial charge in [0.25, 0.3) is 10.1 Å². The lowest BCUT2D eigenvalue weighted by Gasteiger charge is -2.44. The molecule has 0 aromatic heterocycles. The fraction of sp³-hybridized carbons (Fsp3) is 0.880. The summed E-state index contributed by atoms with van der Waals surface area (Å²) in [5, 5.41) is 12.9. The zero-order valence-electron chi connectivity index (χ0n) is 22.3. The number of ether oxygens (including phenoxy) is 3. The van der Waals surface area contributed by atoms with Gasteiger partial charge in [0.2, 0.25) is 12.7 Å². The van der Waals surface area contributed by atoms with E-state index in [0.717, 1.165) is 57.8 Å². The standard InChI is InChI=1S/C25H43NO10S/c1-19(27)26-15-10-16-37(31,32)35-17-24(2,3)21(28)22(29)33-18-34-23(30)36-25(13-8-5-9-14-25)20-11-6-4-7-12-20/h20-21,28H,4-18H2,1-3H3,(H,26,27)/t21-/m0/s1. The van der Waals surface area contributed by atoms with Crippen molar-refractivity contribution in [2.45, 2.75) is 103 Å². The van der Waals surface area contributed by atoms with E-state index in [9.17, 15) is 27.9 Å². The molecule has 0 saturated heterocycles. The van der Waals surface area contributed by atoms with Crippen LogP contribution in [0.3, 0.4) is 0 Å². The van der Waals surface area contributed by atoms with E-state index in [0.29, 0.717) is 5.92 Å².